The molecule has 1 unspecified atom stereocenters. The van der Waals surface area contributed by atoms with Crippen molar-refractivity contribution in [1.82, 2.24) is 10.2 Å². The summed E-state index contributed by atoms with van der Waals surface area (Å²) in [6.07, 6.45) is 2.88. The van der Waals surface area contributed by atoms with Crippen molar-refractivity contribution in [2.24, 2.45) is 23.7 Å². The van der Waals surface area contributed by atoms with Gasteiger partial charge in [-0.05, 0) is 70.0 Å². The number of hydrogen-bond acceptors (Lipinski definition) is 2. The minimum atomic E-state index is -2.48. The lowest BCUT2D eigenvalue weighted by Gasteiger charge is -2.36. The maximum Gasteiger partial charge on any atom is 0.260 e. The predicted molar refractivity (Wildman–Crippen MR) is 106 cm³/mol. The van der Waals surface area contributed by atoms with Crippen molar-refractivity contribution in [2.45, 2.75) is 86.6 Å². The summed E-state index contributed by atoms with van der Waals surface area (Å²) in [4.78, 5) is 2.60. The number of nitrogens with one attached hydrogen (secondary N) is 1. The Labute approximate surface area is 156 Å². The van der Waals surface area contributed by atoms with E-state index in [1.807, 2.05) is 27.7 Å². The highest BCUT2D eigenvalue weighted by Crippen LogP contribution is 2.30. The quantitative estimate of drug-likeness (QED) is 0.695. The first kappa shape index (κ1) is 24.8. The van der Waals surface area contributed by atoms with Crippen LogP contribution in [0.15, 0.2) is 0 Å². The van der Waals surface area contributed by atoms with E-state index in [0.717, 1.165) is 24.4 Å². The molecule has 0 aromatic carbocycles. The molecule has 2 aliphatic rings. The molecule has 4 heteroatoms. The number of alkyl halides is 2. The van der Waals surface area contributed by atoms with Crippen LogP contribution >= 0.6 is 0 Å². The van der Waals surface area contributed by atoms with E-state index in [1.165, 1.54) is 25.9 Å². The number of likely N-dealkylation sites (tertiary alicyclic amines) is 1. The number of hydrogen-bond donors (Lipinski definition) is 1. The normalized spacial score (nSPS) is 24.6. The van der Waals surface area contributed by atoms with E-state index in [9.17, 15) is 8.78 Å². The van der Waals surface area contributed by atoms with Gasteiger partial charge in [-0.25, -0.2) is 8.78 Å². The Morgan fingerprint density at radius 1 is 0.880 bits per heavy atom. The van der Waals surface area contributed by atoms with Gasteiger partial charge in [-0.1, -0.05) is 41.5 Å². The maximum absolute atomic E-state index is 12.8. The summed E-state index contributed by atoms with van der Waals surface area (Å²) < 4.78 is 25.5. The van der Waals surface area contributed by atoms with Gasteiger partial charge in [0, 0.05) is 12.5 Å². The Hall–Kier alpha value is -0.220. The third-order valence-electron chi connectivity index (χ3n) is 5.54. The molecule has 0 amide bonds. The Morgan fingerprint density at radius 3 is 1.68 bits per heavy atom. The first-order chi connectivity index (χ1) is 11.6. The average molecular weight is 363 g/mol. The van der Waals surface area contributed by atoms with E-state index in [2.05, 4.69) is 37.9 Å². The molecule has 1 atom stereocenters. The first-order valence-corrected chi connectivity index (χ1v) is 10.4. The van der Waals surface area contributed by atoms with E-state index < -0.39 is 5.92 Å². The number of halogens is 2. The molecule has 2 heterocycles. The molecule has 2 saturated heterocycles. The summed E-state index contributed by atoms with van der Waals surface area (Å²) in [7, 11) is 0. The third-order valence-corrected chi connectivity index (χ3v) is 5.54. The zero-order chi connectivity index (χ0) is 19.6. The first-order valence-electron chi connectivity index (χ1n) is 10.4. The summed E-state index contributed by atoms with van der Waals surface area (Å²) in [6, 6.07) is 0.748. The van der Waals surface area contributed by atoms with Gasteiger partial charge in [0.25, 0.3) is 5.92 Å². The van der Waals surface area contributed by atoms with E-state index in [4.69, 9.17) is 0 Å². The molecule has 0 aromatic rings. The van der Waals surface area contributed by atoms with Gasteiger partial charge in [-0.15, -0.1) is 0 Å². The van der Waals surface area contributed by atoms with E-state index >= 15 is 0 Å². The van der Waals surface area contributed by atoms with Crippen LogP contribution in [-0.2, 0) is 0 Å². The van der Waals surface area contributed by atoms with Crippen LogP contribution < -0.4 is 5.32 Å². The van der Waals surface area contributed by atoms with Crippen LogP contribution in [-0.4, -0.2) is 43.0 Å². The highest BCUT2D eigenvalue weighted by molar-refractivity contribution is 4.82. The highest BCUT2D eigenvalue weighted by Gasteiger charge is 2.36. The zero-order valence-electron chi connectivity index (χ0n) is 18.0. The van der Waals surface area contributed by atoms with Crippen LogP contribution in [0.1, 0.15) is 74.7 Å². The summed E-state index contributed by atoms with van der Waals surface area (Å²) in [5.41, 5.74) is 0. The second-order valence-electron chi connectivity index (χ2n) is 8.41. The van der Waals surface area contributed by atoms with Crippen LogP contribution in [0.25, 0.3) is 0 Å². The second kappa shape index (κ2) is 12.2. The fourth-order valence-corrected chi connectivity index (χ4v) is 3.54. The lowest BCUT2D eigenvalue weighted by Crippen LogP contribution is -2.45. The zero-order valence-corrected chi connectivity index (χ0v) is 18.0. The molecule has 2 aliphatic heterocycles. The Kier molecular flexibility index (Phi) is 12.1. The summed E-state index contributed by atoms with van der Waals surface area (Å²) in [5.74, 6) is -0.112. The van der Waals surface area contributed by atoms with Crippen molar-refractivity contribution >= 4 is 0 Å². The molecular formula is C21H44F2N2. The molecule has 1 N–H and O–H groups in total. The van der Waals surface area contributed by atoms with Gasteiger partial charge in [0.1, 0.15) is 0 Å². The molecule has 0 spiro atoms. The van der Waals surface area contributed by atoms with Gasteiger partial charge in [-0.2, -0.15) is 0 Å². The van der Waals surface area contributed by atoms with Crippen LogP contribution in [0.4, 0.5) is 8.78 Å². The maximum atomic E-state index is 12.8. The third kappa shape index (κ3) is 9.89. The largest absolute Gasteiger partial charge is 0.311 e. The van der Waals surface area contributed by atoms with Crippen molar-refractivity contribution in [3.63, 3.8) is 0 Å². The van der Waals surface area contributed by atoms with Gasteiger partial charge in [0.2, 0.25) is 0 Å². The smallest absolute Gasteiger partial charge is 0.260 e. The van der Waals surface area contributed by atoms with Crippen LogP contribution in [0.2, 0.25) is 0 Å². The van der Waals surface area contributed by atoms with Gasteiger partial charge >= 0.3 is 0 Å². The fourth-order valence-electron chi connectivity index (χ4n) is 3.54. The molecule has 25 heavy (non-hydrogen) atoms. The predicted octanol–water partition coefficient (Wildman–Crippen LogP) is 5.68. The summed E-state index contributed by atoms with van der Waals surface area (Å²) in [5, 5.41) is 2.76. The Balaban J connectivity index is 0.000000421. The number of nitrogens with zero attached hydrogens (tertiary/aromatic N) is 1. The summed E-state index contributed by atoms with van der Waals surface area (Å²) in [6.45, 7) is 20.5. The van der Waals surface area contributed by atoms with Gasteiger partial charge in [0.15, 0.2) is 0 Å². The average Bonchev–Trinajstić information content (AvgIpc) is 2.56. The Bertz CT molecular complexity index is 306. The van der Waals surface area contributed by atoms with Gasteiger partial charge in [-0.3, -0.25) is 0 Å². The molecule has 2 fully saturated rings. The van der Waals surface area contributed by atoms with Crippen LogP contribution in [0.3, 0.4) is 0 Å². The molecule has 0 bridgehead atoms. The van der Waals surface area contributed by atoms with Crippen molar-refractivity contribution in [3.05, 3.63) is 0 Å². The molecule has 2 nitrogen and oxygen atoms in total. The summed E-state index contributed by atoms with van der Waals surface area (Å²) >= 11 is 0. The second-order valence-corrected chi connectivity index (χ2v) is 8.41. The molecule has 152 valence electrons. The molecular weight excluding hydrogens is 318 g/mol. The number of piperidine rings is 2. The highest BCUT2D eigenvalue weighted by atomic mass is 19.3. The lowest BCUT2D eigenvalue weighted by atomic mass is 9.86. The van der Waals surface area contributed by atoms with Crippen molar-refractivity contribution < 1.29 is 8.78 Å². The molecule has 0 saturated carbocycles. The van der Waals surface area contributed by atoms with Crippen molar-refractivity contribution in [1.29, 1.82) is 0 Å². The Morgan fingerprint density at radius 2 is 1.36 bits per heavy atom. The van der Waals surface area contributed by atoms with Crippen LogP contribution in [0.5, 0.6) is 0 Å². The lowest BCUT2D eigenvalue weighted by molar-refractivity contribution is -0.0463. The molecule has 0 aliphatic carbocycles. The molecule has 0 aromatic heterocycles. The molecule has 2 rings (SSSR count). The van der Waals surface area contributed by atoms with E-state index in [0.29, 0.717) is 5.92 Å². The monoisotopic (exact) mass is 362 g/mol. The van der Waals surface area contributed by atoms with Crippen molar-refractivity contribution in [3.8, 4) is 0 Å². The minimum absolute atomic E-state index is 0.0532. The standard InChI is InChI=1S/C11H23N.C8H15F2N.C2H6/c1-9(2)11-5-7-12(8-6-11)10(3)4;1-6(2)7-3-8(9,10)5-11-4-7;1-2/h9-11H,5-8H2,1-4H3;6-7,11H,3-5H2,1-2H3;1-2H3. The number of rotatable bonds is 3. The van der Waals surface area contributed by atoms with Crippen LogP contribution in [0, 0.1) is 23.7 Å². The van der Waals surface area contributed by atoms with E-state index in [1.54, 1.807) is 0 Å². The van der Waals surface area contributed by atoms with Crippen molar-refractivity contribution in [2.75, 3.05) is 26.2 Å². The topological polar surface area (TPSA) is 15.3 Å². The van der Waals surface area contributed by atoms with Gasteiger partial charge in [0.05, 0.1) is 6.54 Å². The van der Waals surface area contributed by atoms with Gasteiger partial charge < -0.3 is 10.2 Å². The minimum Gasteiger partial charge on any atom is -0.311 e. The fraction of sp³-hybridized carbons (Fsp3) is 1.00. The molecule has 0 radical (unpaired) electrons. The van der Waals surface area contributed by atoms with E-state index in [-0.39, 0.29) is 18.9 Å². The SMILES string of the molecule is CC.CC(C)C1CCN(C(C)C)CC1.CC(C)C1CNCC(F)(F)C1.